The van der Waals surface area contributed by atoms with E-state index in [0.717, 1.165) is 49.9 Å². The predicted molar refractivity (Wildman–Crippen MR) is 122 cm³/mol. The predicted octanol–water partition coefficient (Wildman–Crippen LogP) is 2.88. The maximum Gasteiger partial charge on any atom is 0.251 e. The Morgan fingerprint density at radius 3 is 2.45 bits per heavy atom. The van der Waals surface area contributed by atoms with Crippen molar-refractivity contribution in [3.8, 4) is 11.1 Å². The number of amides is 1. The van der Waals surface area contributed by atoms with Gasteiger partial charge in [-0.25, -0.2) is 15.2 Å². The van der Waals surface area contributed by atoms with Crippen LogP contribution in [-0.2, 0) is 9.53 Å². The molecule has 4 N–H and O–H groups in total. The third-order valence-electron chi connectivity index (χ3n) is 7.91. The normalized spacial score (nSPS) is 26.8. The van der Waals surface area contributed by atoms with Crippen molar-refractivity contribution in [1.29, 1.82) is 0 Å². The van der Waals surface area contributed by atoms with Crippen molar-refractivity contribution in [3.05, 3.63) is 59.4 Å². The smallest absolute Gasteiger partial charge is 0.251 e. The van der Waals surface area contributed by atoms with Crippen molar-refractivity contribution in [2.24, 2.45) is 5.41 Å². The van der Waals surface area contributed by atoms with Crippen molar-refractivity contribution in [2.75, 3.05) is 19.7 Å². The Kier molecular flexibility index (Phi) is 5.43. The molecule has 1 aliphatic carbocycles. The Morgan fingerprint density at radius 2 is 1.76 bits per heavy atom. The van der Waals surface area contributed by atoms with Gasteiger partial charge >= 0.3 is 0 Å². The number of ether oxygens (including phenoxy) is 1. The maximum atomic E-state index is 14.6. The fraction of sp³-hybridized carbons (Fsp3) is 0.480. The number of halogens is 1. The van der Waals surface area contributed by atoms with Crippen molar-refractivity contribution in [1.82, 2.24) is 26.8 Å². The van der Waals surface area contributed by atoms with E-state index in [-0.39, 0.29) is 24.0 Å². The van der Waals surface area contributed by atoms with Crippen LogP contribution in [0.4, 0.5) is 4.39 Å². The molecule has 6 rings (SSSR count). The van der Waals surface area contributed by atoms with Crippen LogP contribution in [0.5, 0.6) is 0 Å². The van der Waals surface area contributed by atoms with Crippen molar-refractivity contribution in [3.63, 3.8) is 0 Å². The molecule has 1 saturated carbocycles. The summed E-state index contributed by atoms with van der Waals surface area (Å²) in [6, 6.07) is 13.5. The lowest BCUT2D eigenvalue weighted by Gasteiger charge is -2.34. The van der Waals surface area contributed by atoms with Crippen molar-refractivity contribution >= 4 is 5.91 Å². The molecule has 0 bridgehead atoms. The lowest BCUT2D eigenvalue weighted by Crippen LogP contribution is -2.44. The van der Waals surface area contributed by atoms with E-state index in [1.807, 2.05) is 23.1 Å². The first-order valence-electron chi connectivity index (χ1n) is 11.9. The van der Waals surface area contributed by atoms with E-state index >= 15 is 0 Å². The summed E-state index contributed by atoms with van der Waals surface area (Å²) in [4.78, 5) is 14.7. The molecule has 0 unspecified atom stereocenters. The molecule has 8 heteroatoms. The molecule has 4 fully saturated rings. The highest BCUT2D eigenvalue weighted by Gasteiger charge is 2.55. The summed E-state index contributed by atoms with van der Waals surface area (Å²) >= 11 is 0. The van der Waals surface area contributed by atoms with Gasteiger partial charge in [0, 0.05) is 25.3 Å². The number of carbonyl (C=O) groups is 1. The molecule has 2 aromatic carbocycles. The van der Waals surface area contributed by atoms with Gasteiger partial charge in [-0.05, 0) is 72.3 Å². The zero-order valence-corrected chi connectivity index (χ0v) is 18.6. The lowest BCUT2D eigenvalue weighted by atomic mass is 9.88. The zero-order valence-electron chi connectivity index (χ0n) is 18.6. The molecule has 0 aromatic heterocycles. The van der Waals surface area contributed by atoms with Gasteiger partial charge in [-0.2, -0.15) is 11.1 Å². The van der Waals surface area contributed by atoms with Crippen molar-refractivity contribution in [2.45, 2.75) is 50.3 Å². The monoisotopic (exact) mass is 451 g/mol. The van der Waals surface area contributed by atoms with E-state index in [9.17, 15) is 9.18 Å². The summed E-state index contributed by atoms with van der Waals surface area (Å²) in [5.74, 6) is 0.492. The van der Waals surface area contributed by atoms with Crippen LogP contribution < -0.4 is 21.9 Å². The molecular formula is C25H30FN5O2. The van der Waals surface area contributed by atoms with Gasteiger partial charge < -0.3 is 9.64 Å². The summed E-state index contributed by atoms with van der Waals surface area (Å²) in [5, 5.41) is 0. The summed E-state index contributed by atoms with van der Waals surface area (Å²) in [5.41, 5.74) is 15.7. The first kappa shape index (κ1) is 21.2. The fourth-order valence-corrected chi connectivity index (χ4v) is 5.78. The summed E-state index contributed by atoms with van der Waals surface area (Å²) < 4.78 is 20.2. The van der Waals surface area contributed by atoms with E-state index in [2.05, 4.69) is 34.1 Å². The molecule has 0 radical (unpaired) electrons. The van der Waals surface area contributed by atoms with E-state index in [4.69, 9.17) is 4.74 Å². The second-order valence-electron chi connectivity index (χ2n) is 9.78. The van der Waals surface area contributed by atoms with Gasteiger partial charge in [0.25, 0.3) is 5.91 Å². The van der Waals surface area contributed by atoms with E-state index < -0.39 is 0 Å². The second kappa shape index (κ2) is 8.45. The molecule has 3 heterocycles. The minimum Gasteiger partial charge on any atom is -0.368 e. The largest absolute Gasteiger partial charge is 0.368 e. The third kappa shape index (κ3) is 3.96. The van der Waals surface area contributed by atoms with Crippen LogP contribution >= 0.6 is 0 Å². The van der Waals surface area contributed by atoms with Crippen LogP contribution in [0.25, 0.3) is 11.1 Å². The Balaban J connectivity index is 1.12. The van der Waals surface area contributed by atoms with E-state index in [0.29, 0.717) is 23.5 Å². The minimum atomic E-state index is -0.225. The molecule has 2 aromatic rings. The van der Waals surface area contributed by atoms with E-state index in [1.54, 1.807) is 6.07 Å². The third-order valence-corrected chi connectivity index (χ3v) is 7.91. The van der Waals surface area contributed by atoms with Crippen LogP contribution in [0.15, 0.2) is 42.5 Å². The van der Waals surface area contributed by atoms with Gasteiger partial charge in [0.2, 0.25) is 0 Å². The van der Waals surface area contributed by atoms with Crippen molar-refractivity contribution < 1.29 is 13.9 Å². The molecule has 3 aliphatic heterocycles. The van der Waals surface area contributed by atoms with Gasteiger partial charge in [-0.15, -0.1) is 0 Å². The number of hydrogen-bond acceptors (Lipinski definition) is 6. The lowest BCUT2D eigenvalue weighted by molar-refractivity contribution is -0.142. The molecular weight excluding hydrogens is 421 g/mol. The second-order valence-corrected chi connectivity index (χ2v) is 9.78. The molecule has 33 heavy (non-hydrogen) atoms. The van der Waals surface area contributed by atoms with Crippen LogP contribution in [0, 0.1) is 11.2 Å². The van der Waals surface area contributed by atoms with Crippen LogP contribution in [0.2, 0.25) is 0 Å². The average Bonchev–Trinajstić information content (AvgIpc) is 3.28. The average molecular weight is 452 g/mol. The van der Waals surface area contributed by atoms with Gasteiger partial charge in [-0.1, -0.05) is 30.3 Å². The quantitative estimate of drug-likeness (QED) is 0.573. The topological polar surface area (TPSA) is 77.7 Å². The standard InChI is InChI=1S/C25H30FN5O2/c26-21-8-7-18(23-27-29-30-28-23)14-19(21)16-3-5-17(6-4-16)20-15-25(20)9-11-31(12-10-25)24(32)22-2-1-13-33-22/h3-8,14,20,22-23,27-30H,1-2,9-13,15H2/t20-,22+/m0/s1. The Bertz CT molecular complexity index is 1030. The number of rotatable bonds is 4. The minimum absolute atomic E-state index is 0.132. The summed E-state index contributed by atoms with van der Waals surface area (Å²) in [7, 11) is 0. The number of piperidine rings is 1. The van der Waals surface area contributed by atoms with Crippen LogP contribution in [0.1, 0.15) is 55.3 Å². The highest BCUT2D eigenvalue weighted by Crippen LogP contribution is 2.65. The van der Waals surface area contributed by atoms with Crippen LogP contribution in [0.3, 0.4) is 0 Å². The molecule has 1 spiro atoms. The Morgan fingerprint density at radius 1 is 1.03 bits per heavy atom. The van der Waals surface area contributed by atoms with Crippen LogP contribution in [-0.4, -0.2) is 36.6 Å². The molecule has 2 atom stereocenters. The number of hydrogen-bond donors (Lipinski definition) is 4. The molecule has 174 valence electrons. The number of nitrogens with zero attached hydrogens (tertiary/aromatic N) is 1. The number of benzene rings is 2. The number of hydrazine groups is 3. The first-order valence-corrected chi connectivity index (χ1v) is 11.9. The van der Waals surface area contributed by atoms with E-state index in [1.165, 1.54) is 18.1 Å². The molecule has 4 aliphatic rings. The first-order chi connectivity index (χ1) is 16.1. The summed E-state index contributed by atoms with van der Waals surface area (Å²) in [6.07, 6.45) is 4.79. The zero-order chi connectivity index (χ0) is 22.4. The fourth-order valence-electron chi connectivity index (χ4n) is 5.78. The highest BCUT2D eigenvalue weighted by atomic mass is 19.1. The van der Waals surface area contributed by atoms with Gasteiger partial charge in [0.15, 0.2) is 0 Å². The Labute approximate surface area is 193 Å². The summed E-state index contributed by atoms with van der Waals surface area (Å²) in [6.45, 7) is 2.37. The van der Waals surface area contributed by atoms with Gasteiger partial charge in [-0.3, -0.25) is 4.79 Å². The molecule has 7 nitrogen and oxygen atoms in total. The van der Waals surface area contributed by atoms with Gasteiger partial charge in [0.05, 0.1) is 0 Å². The Hall–Kier alpha value is -2.36. The molecule has 3 saturated heterocycles. The molecule has 1 amide bonds. The highest BCUT2D eigenvalue weighted by molar-refractivity contribution is 5.81. The van der Waals surface area contributed by atoms with Gasteiger partial charge in [0.1, 0.15) is 18.1 Å². The number of likely N-dealkylation sites (tertiary alicyclic amines) is 1. The number of carbonyl (C=O) groups excluding carboxylic acids is 1. The maximum absolute atomic E-state index is 14.6. The number of nitrogens with one attached hydrogen (secondary N) is 4. The SMILES string of the molecule is O=C([C@H]1CCCO1)N1CCC2(CC1)C[C@H]2c1ccc(-c2cc(C3NNNN3)ccc2F)cc1.